The van der Waals surface area contributed by atoms with Gasteiger partial charge in [-0.2, -0.15) is 0 Å². The molecule has 0 radical (unpaired) electrons. The summed E-state index contributed by atoms with van der Waals surface area (Å²) in [7, 11) is 0. The number of aromatic nitrogens is 2. The molecule has 1 aromatic carbocycles. The molecule has 0 aliphatic carbocycles. The van der Waals surface area contributed by atoms with Gasteiger partial charge in [0.1, 0.15) is 12.1 Å². The van der Waals surface area contributed by atoms with Crippen LogP contribution in [-0.4, -0.2) is 16.5 Å². The van der Waals surface area contributed by atoms with Crippen LogP contribution < -0.4 is 5.32 Å². The summed E-state index contributed by atoms with van der Waals surface area (Å²) in [6.07, 6.45) is 4.78. The van der Waals surface area contributed by atoms with Gasteiger partial charge in [0.25, 0.3) is 0 Å². The van der Waals surface area contributed by atoms with Crippen molar-refractivity contribution in [3.8, 4) is 0 Å². The molecule has 0 bridgehead atoms. The molecule has 1 heterocycles. The lowest BCUT2D eigenvalue weighted by Gasteiger charge is -2.19. The Labute approximate surface area is 110 Å². The predicted molar refractivity (Wildman–Crippen MR) is 69.0 cm³/mol. The number of halogens is 2. The van der Waals surface area contributed by atoms with E-state index in [4.69, 9.17) is 11.6 Å². The van der Waals surface area contributed by atoms with E-state index in [-0.39, 0.29) is 11.9 Å². The van der Waals surface area contributed by atoms with Crippen molar-refractivity contribution in [1.29, 1.82) is 0 Å². The largest absolute Gasteiger partial charge is 0.306 e. The lowest BCUT2D eigenvalue weighted by atomic mass is 10.0. The Kier molecular flexibility index (Phi) is 4.23. The fourth-order valence-corrected chi connectivity index (χ4v) is 1.99. The second kappa shape index (κ2) is 5.89. The highest BCUT2D eigenvalue weighted by atomic mass is 35.5. The molecule has 0 amide bonds. The number of hydrogen-bond acceptors (Lipinski definition) is 3. The number of hydrogen-bond donors (Lipinski definition) is 1. The van der Waals surface area contributed by atoms with Gasteiger partial charge in [-0.15, -0.1) is 0 Å². The second-order valence-electron chi connectivity index (χ2n) is 3.83. The first-order chi connectivity index (χ1) is 8.72. The third-order valence-corrected chi connectivity index (χ3v) is 2.83. The van der Waals surface area contributed by atoms with Gasteiger partial charge in [0, 0.05) is 28.5 Å². The minimum Gasteiger partial charge on any atom is -0.306 e. The van der Waals surface area contributed by atoms with Crippen LogP contribution in [0.4, 0.5) is 4.39 Å². The lowest BCUT2D eigenvalue weighted by Crippen LogP contribution is -2.23. The Morgan fingerprint density at radius 2 is 2.06 bits per heavy atom. The molecule has 18 heavy (non-hydrogen) atoms. The number of rotatable bonds is 4. The minimum atomic E-state index is -0.297. The zero-order valence-corrected chi connectivity index (χ0v) is 10.7. The van der Waals surface area contributed by atoms with Crippen molar-refractivity contribution in [3.63, 3.8) is 0 Å². The van der Waals surface area contributed by atoms with Crippen molar-refractivity contribution in [2.24, 2.45) is 0 Å². The van der Waals surface area contributed by atoms with E-state index in [2.05, 4.69) is 15.3 Å². The first-order valence-corrected chi connectivity index (χ1v) is 6.03. The van der Waals surface area contributed by atoms with E-state index in [1.807, 2.05) is 6.92 Å². The van der Waals surface area contributed by atoms with Crippen molar-refractivity contribution >= 4 is 11.6 Å². The van der Waals surface area contributed by atoms with Gasteiger partial charge in [0.15, 0.2) is 0 Å². The molecule has 1 atom stereocenters. The molecule has 0 aliphatic heterocycles. The van der Waals surface area contributed by atoms with Gasteiger partial charge in [-0.3, -0.25) is 0 Å². The van der Waals surface area contributed by atoms with Crippen LogP contribution >= 0.6 is 11.6 Å². The van der Waals surface area contributed by atoms with Gasteiger partial charge in [0.2, 0.25) is 0 Å². The van der Waals surface area contributed by atoms with Gasteiger partial charge in [-0.1, -0.05) is 18.5 Å². The number of nitrogens with zero attached hydrogens (tertiary/aromatic N) is 2. The van der Waals surface area contributed by atoms with E-state index >= 15 is 0 Å². The highest BCUT2D eigenvalue weighted by Gasteiger charge is 2.17. The average Bonchev–Trinajstić information content (AvgIpc) is 2.40. The fraction of sp³-hybridized carbons (Fsp3) is 0.231. The summed E-state index contributed by atoms with van der Waals surface area (Å²) in [4.78, 5) is 7.92. The first-order valence-electron chi connectivity index (χ1n) is 5.65. The van der Waals surface area contributed by atoms with Gasteiger partial charge < -0.3 is 5.32 Å². The third-order valence-electron chi connectivity index (χ3n) is 2.59. The molecule has 3 nitrogen and oxygen atoms in total. The molecule has 0 fully saturated rings. The summed E-state index contributed by atoms with van der Waals surface area (Å²) in [5.74, 6) is -0.297. The highest BCUT2D eigenvalue weighted by molar-refractivity contribution is 6.30. The predicted octanol–water partition coefficient (Wildman–Crippen LogP) is 2.97. The van der Waals surface area contributed by atoms with E-state index in [0.29, 0.717) is 17.1 Å². The Morgan fingerprint density at radius 1 is 1.33 bits per heavy atom. The molecule has 5 heteroatoms. The summed E-state index contributed by atoms with van der Waals surface area (Å²) < 4.78 is 13.9. The molecule has 2 rings (SSSR count). The molecule has 1 aromatic heterocycles. The van der Waals surface area contributed by atoms with Gasteiger partial charge in [-0.25, -0.2) is 14.4 Å². The van der Waals surface area contributed by atoms with Crippen LogP contribution in [0.15, 0.2) is 36.9 Å². The maximum atomic E-state index is 13.9. The molecular formula is C13H13ClFN3. The lowest BCUT2D eigenvalue weighted by molar-refractivity contribution is 0.557. The molecule has 0 spiro atoms. The van der Waals surface area contributed by atoms with Crippen molar-refractivity contribution in [2.75, 3.05) is 6.54 Å². The van der Waals surface area contributed by atoms with Crippen molar-refractivity contribution in [2.45, 2.75) is 13.0 Å². The van der Waals surface area contributed by atoms with E-state index in [1.165, 1.54) is 18.5 Å². The smallest absolute Gasteiger partial charge is 0.128 e. The quantitative estimate of drug-likeness (QED) is 0.924. The average molecular weight is 266 g/mol. The number of nitrogens with one attached hydrogen (secondary N) is 1. The summed E-state index contributed by atoms with van der Waals surface area (Å²) in [6, 6.07) is 4.23. The van der Waals surface area contributed by atoms with Crippen LogP contribution in [0.1, 0.15) is 24.1 Å². The van der Waals surface area contributed by atoms with Crippen LogP contribution in [0.5, 0.6) is 0 Å². The molecule has 0 saturated heterocycles. The van der Waals surface area contributed by atoms with Crippen LogP contribution in [0.3, 0.4) is 0 Å². The highest BCUT2D eigenvalue weighted by Crippen LogP contribution is 2.26. The molecule has 1 N–H and O–H groups in total. The van der Waals surface area contributed by atoms with E-state index in [1.54, 1.807) is 18.5 Å². The Hall–Kier alpha value is -1.52. The maximum absolute atomic E-state index is 13.9. The zero-order valence-electron chi connectivity index (χ0n) is 9.90. The summed E-state index contributed by atoms with van der Waals surface area (Å²) in [5.41, 5.74) is 1.31. The molecule has 0 aliphatic rings. The summed E-state index contributed by atoms with van der Waals surface area (Å²) in [5, 5.41) is 3.71. The Bertz CT molecular complexity index is 519. The Morgan fingerprint density at radius 3 is 2.72 bits per heavy atom. The van der Waals surface area contributed by atoms with Crippen molar-refractivity contribution < 1.29 is 4.39 Å². The second-order valence-corrected chi connectivity index (χ2v) is 4.26. The van der Waals surface area contributed by atoms with Gasteiger partial charge in [-0.05, 0) is 24.7 Å². The van der Waals surface area contributed by atoms with Crippen molar-refractivity contribution in [1.82, 2.24) is 15.3 Å². The number of benzene rings is 1. The van der Waals surface area contributed by atoms with Crippen LogP contribution in [0.2, 0.25) is 5.02 Å². The summed E-state index contributed by atoms with van der Waals surface area (Å²) >= 11 is 5.92. The SMILES string of the molecule is CCNC(c1cncnc1)c1cc(Cl)ccc1F. The maximum Gasteiger partial charge on any atom is 0.128 e. The molecular weight excluding hydrogens is 253 g/mol. The van der Waals surface area contributed by atoms with Crippen LogP contribution in [0.25, 0.3) is 0 Å². The van der Waals surface area contributed by atoms with Gasteiger partial charge in [0.05, 0.1) is 6.04 Å². The third kappa shape index (κ3) is 2.83. The van der Waals surface area contributed by atoms with E-state index in [0.717, 1.165) is 5.56 Å². The molecule has 2 aromatic rings. The minimum absolute atomic E-state index is 0.296. The van der Waals surface area contributed by atoms with Gasteiger partial charge >= 0.3 is 0 Å². The van der Waals surface area contributed by atoms with E-state index in [9.17, 15) is 4.39 Å². The molecule has 94 valence electrons. The normalized spacial score (nSPS) is 12.4. The van der Waals surface area contributed by atoms with E-state index < -0.39 is 0 Å². The molecule has 0 saturated carbocycles. The van der Waals surface area contributed by atoms with Crippen LogP contribution in [0, 0.1) is 5.82 Å². The van der Waals surface area contributed by atoms with Crippen molar-refractivity contribution in [3.05, 3.63) is 58.9 Å². The monoisotopic (exact) mass is 265 g/mol. The molecule has 1 unspecified atom stereocenters. The topological polar surface area (TPSA) is 37.8 Å². The van der Waals surface area contributed by atoms with Crippen LogP contribution in [-0.2, 0) is 0 Å². The standard InChI is InChI=1S/C13H13ClFN3/c1-2-18-13(9-6-16-8-17-7-9)11-5-10(14)3-4-12(11)15/h3-8,13,18H,2H2,1H3. The Balaban J connectivity index is 2.44. The summed E-state index contributed by atoms with van der Waals surface area (Å²) in [6.45, 7) is 2.66. The fourth-order valence-electron chi connectivity index (χ4n) is 1.81. The first kappa shape index (κ1) is 12.9. The zero-order chi connectivity index (χ0) is 13.0.